The quantitative estimate of drug-likeness (QED) is 0.706. The summed E-state index contributed by atoms with van der Waals surface area (Å²) in [5.41, 5.74) is 1.57. The highest BCUT2D eigenvalue weighted by atomic mass is 19.4. The van der Waals surface area contributed by atoms with Gasteiger partial charge in [0.2, 0.25) is 5.91 Å². The fourth-order valence-electron chi connectivity index (χ4n) is 2.43. The Balaban J connectivity index is 1.94. The average molecular weight is 345 g/mol. The third-order valence-corrected chi connectivity index (χ3v) is 3.55. The van der Waals surface area contributed by atoms with Crippen molar-refractivity contribution >= 4 is 33.9 Å². The molecular formula is C18H14F3N3O. The Morgan fingerprint density at radius 3 is 2.32 bits per heavy atom. The Morgan fingerprint density at radius 1 is 1.00 bits per heavy atom. The molecule has 0 aliphatic rings. The number of hydrogen-bond donors (Lipinski definition) is 2. The number of benzene rings is 2. The van der Waals surface area contributed by atoms with Crippen LogP contribution in [0.4, 0.5) is 30.2 Å². The van der Waals surface area contributed by atoms with Gasteiger partial charge in [0.05, 0.1) is 11.1 Å². The molecule has 0 radical (unpaired) electrons. The van der Waals surface area contributed by atoms with Gasteiger partial charge in [0, 0.05) is 35.6 Å². The first kappa shape index (κ1) is 16.8. The maximum atomic E-state index is 12.9. The second-order valence-corrected chi connectivity index (χ2v) is 5.47. The molecule has 3 aromatic rings. The number of anilines is 3. The minimum Gasteiger partial charge on any atom is -0.355 e. The zero-order chi connectivity index (χ0) is 18.0. The standard InChI is InChI=1S/C18H14F3N3O/c1-11(25)23-13-3-5-14(6-4-13)24-17-8-9-22-16-7-2-12(10-15(16)17)18(19,20)21/h2-10H,1H3,(H,22,24)(H,23,25). The van der Waals surface area contributed by atoms with Gasteiger partial charge in [-0.05, 0) is 48.5 Å². The van der Waals surface area contributed by atoms with E-state index in [1.807, 2.05) is 0 Å². The predicted molar refractivity (Wildman–Crippen MR) is 90.8 cm³/mol. The van der Waals surface area contributed by atoms with E-state index < -0.39 is 11.7 Å². The number of aromatic nitrogens is 1. The zero-order valence-electron chi connectivity index (χ0n) is 13.2. The highest BCUT2D eigenvalue weighted by molar-refractivity contribution is 5.93. The molecule has 0 unspecified atom stereocenters. The highest BCUT2D eigenvalue weighted by Crippen LogP contribution is 2.33. The molecule has 0 saturated carbocycles. The van der Waals surface area contributed by atoms with Crippen molar-refractivity contribution in [1.29, 1.82) is 0 Å². The Kier molecular flexibility index (Phi) is 4.31. The van der Waals surface area contributed by atoms with Crippen molar-refractivity contribution in [3.05, 3.63) is 60.3 Å². The number of hydrogen-bond acceptors (Lipinski definition) is 3. The number of rotatable bonds is 3. The normalized spacial score (nSPS) is 11.4. The van der Waals surface area contributed by atoms with E-state index >= 15 is 0 Å². The lowest BCUT2D eigenvalue weighted by atomic mass is 10.1. The number of nitrogens with one attached hydrogen (secondary N) is 2. The van der Waals surface area contributed by atoms with E-state index in [4.69, 9.17) is 0 Å². The summed E-state index contributed by atoms with van der Waals surface area (Å²) in [7, 11) is 0. The van der Waals surface area contributed by atoms with Gasteiger partial charge in [0.25, 0.3) is 0 Å². The van der Waals surface area contributed by atoms with Crippen LogP contribution < -0.4 is 10.6 Å². The molecule has 0 aliphatic carbocycles. The summed E-state index contributed by atoms with van der Waals surface area (Å²) in [6.45, 7) is 1.41. The van der Waals surface area contributed by atoms with E-state index in [1.54, 1.807) is 30.3 Å². The molecule has 1 amide bonds. The van der Waals surface area contributed by atoms with E-state index in [9.17, 15) is 18.0 Å². The molecule has 0 spiro atoms. The Hall–Kier alpha value is -3.09. The van der Waals surface area contributed by atoms with Gasteiger partial charge in [0.1, 0.15) is 0 Å². The van der Waals surface area contributed by atoms with Crippen LogP contribution in [0.3, 0.4) is 0 Å². The topological polar surface area (TPSA) is 54.0 Å². The number of fused-ring (bicyclic) bond motifs is 1. The summed E-state index contributed by atoms with van der Waals surface area (Å²) < 4.78 is 38.8. The second kappa shape index (κ2) is 6.43. The Labute approximate surface area is 141 Å². The van der Waals surface area contributed by atoms with Crippen LogP contribution in [0.15, 0.2) is 54.7 Å². The lowest BCUT2D eigenvalue weighted by Crippen LogP contribution is -2.05. The number of amides is 1. The Bertz CT molecular complexity index is 921. The van der Waals surface area contributed by atoms with Crippen LogP contribution in [0.25, 0.3) is 10.9 Å². The molecule has 7 heteroatoms. The molecule has 1 heterocycles. The molecule has 4 nitrogen and oxygen atoms in total. The molecule has 3 rings (SSSR count). The molecule has 0 saturated heterocycles. The first-order valence-electron chi connectivity index (χ1n) is 7.43. The van der Waals surface area contributed by atoms with Gasteiger partial charge < -0.3 is 10.6 Å². The van der Waals surface area contributed by atoms with Gasteiger partial charge in [0.15, 0.2) is 0 Å². The van der Waals surface area contributed by atoms with Gasteiger partial charge in [-0.3, -0.25) is 9.78 Å². The minimum atomic E-state index is -4.42. The SMILES string of the molecule is CC(=O)Nc1ccc(Nc2ccnc3ccc(C(F)(F)F)cc23)cc1. The summed E-state index contributed by atoms with van der Waals surface area (Å²) in [5, 5.41) is 6.11. The number of alkyl halides is 3. The van der Waals surface area contributed by atoms with Crippen molar-refractivity contribution < 1.29 is 18.0 Å². The molecule has 0 fully saturated rings. The number of nitrogens with zero attached hydrogens (tertiary/aromatic N) is 1. The van der Waals surface area contributed by atoms with E-state index in [-0.39, 0.29) is 5.91 Å². The maximum Gasteiger partial charge on any atom is 0.416 e. The molecule has 0 bridgehead atoms. The van der Waals surface area contributed by atoms with Crippen LogP contribution in [-0.2, 0) is 11.0 Å². The van der Waals surface area contributed by atoms with Crippen LogP contribution >= 0.6 is 0 Å². The predicted octanol–water partition coefficient (Wildman–Crippen LogP) is 4.96. The fraction of sp³-hybridized carbons (Fsp3) is 0.111. The number of carbonyl (C=O) groups excluding carboxylic acids is 1. The molecule has 1 aromatic heterocycles. The molecule has 128 valence electrons. The van der Waals surface area contributed by atoms with Crippen LogP contribution in [0.1, 0.15) is 12.5 Å². The van der Waals surface area contributed by atoms with Crippen molar-refractivity contribution in [2.45, 2.75) is 13.1 Å². The highest BCUT2D eigenvalue weighted by Gasteiger charge is 2.30. The summed E-state index contributed by atoms with van der Waals surface area (Å²) in [4.78, 5) is 15.1. The monoisotopic (exact) mass is 345 g/mol. The van der Waals surface area contributed by atoms with Crippen LogP contribution in [0.5, 0.6) is 0 Å². The smallest absolute Gasteiger partial charge is 0.355 e. The summed E-state index contributed by atoms with van der Waals surface area (Å²) in [5.74, 6) is -0.180. The van der Waals surface area contributed by atoms with Gasteiger partial charge in [-0.15, -0.1) is 0 Å². The molecule has 0 aliphatic heterocycles. The van der Waals surface area contributed by atoms with Crippen molar-refractivity contribution in [3.63, 3.8) is 0 Å². The lowest BCUT2D eigenvalue weighted by Gasteiger charge is -2.12. The number of halogens is 3. The van der Waals surface area contributed by atoms with Crippen LogP contribution in [0.2, 0.25) is 0 Å². The molecule has 2 N–H and O–H groups in total. The summed E-state index contributed by atoms with van der Waals surface area (Å²) in [6.07, 6.45) is -2.88. The average Bonchev–Trinajstić information content (AvgIpc) is 2.55. The van der Waals surface area contributed by atoms with Crippen molar-refractivity contribution in [2.75, 3.05) is 10.6 Å². The van der Waals surface area contributed by atoms with Gasteiger partial charge >= 0.3 is 6.18 Å². The third-order valence-electron chi connectivity index (χ3n) is 3.55. The molecular weight excluding hydrogens is 331 g/mol. The zero-order valence-corrected chi connectivity index (χ0v) is 13.2. The first-order chi connectivity index (χ1) is 11.8. The lowest BCUT2D eigenvalue weighted by molar-refractivity contribution is -0.137. The maximum absolute atomic E-state index is 12.9. The molecule has 0 atom stereocenters. The van der Waals surface area contributed by atoms with Crippen LogP contribution in [0, 0.1) is 0 Å². The first-order valence-corrected chi connectivity index (χ1v) is 7.43. The van der Waals surface area contributed by atoms with Gasteiger partial charge in [-0.1, -0.05) is 0 Å². The van der Waals surface area contributed by atoms with Crippen molar-refractivity contribution in [2.24, 2.45) is 0 Å². The van der Waals surface area contributed by atoms with Crippen molar-refractivity contribution in [3.8, 4) is 0 Å². The van der Waals surface area contributed by atoms with E-state index in [0.29, 0.717) is 28.0 Å². The van der Waals surface area contributed by atoms with E-state index in [2.05, 4.69) is 15.6 Å². The minimum absolute atomic E-state index is 0.180. The third kappa shape index (κ3) is 3.88. The number of pyridine rings is 1. The van der Waals surface area contributed by atoms with Gasteiger partial charge in [-0.25, -0.2) is 0 Å². The second-order valence-electron chi connectivity index (χ2n) is 5.47. The van der Waals surface area contributed by atoms with Crippen molar-refractivity contribution in [1.82, 2.24) is 4.98 Å². The summed E-state index contributed by atoms with van der Waals surface area (Å²) >= 11 is 0. The Morgan fingerprint density at radius 2 is 1.68 bits per heavy atom. The molecule has 25 heavy (non-hydrogen) atoms. The van der Waals surface area contributed by atoms with Gasteiger partial charge in [-0.2, -0.15) is 13.2 Å². The van der Waals surface area contributed by atoms with E-state index in [1.165, 1.54) is 19.2 Å². The fourth-order valence-corrected chi connectivity index (χ4v) is 2.43. The van der Waals surface area contributed by atoms with Crippen LogP contribution in [-0.4, -0.2) is 10.9 Å². The molecule has 2 aromatic carbocycles. The van der Waals surface area contributed by atoms with E-state index in [0.717, 1.165) is 12.1 Å². The summed E-state index contributed by atoms with van der Waals surface area (Å²) in [6, 6.07) is 11.9. The largest absolute Gasteiger partial charge is 0.416 e. The number of carbonyl (C=O) groups is 1.